The highest BCUT2D eigenvalue weighted by atomic mass is 32.2. The summed E-state index contributed by atoms with van der Waals surface area (Å²) in [5, 5.41) is 10.8. The first-order valence-electron chi connectivity index (χ1n) is 10.1. The van der Waals surface area contributed by atoms with Gasteiger partial charge in [-0.3, -0.25) is 4.79 Å². The van der Waals surface area contributed by atoms with E-state index in [9.17, 15) is 18.0 Å². The molecule has 0 radical (unpaired) electrons. The fourth-order valence-electron chi connectivity index (χ4n) is 3.20. The van der Waals surface area contributed by atoms with E-state index < -0.39 is 29.0 Å². The third-order valence-electron chi connectivity index (χ3n) is 4.84. The van der Waals surface area contributed by atoms with Crippen LogP contribution in [0.4, 0.5) is 18.9 Å². The normalized spacial score (nSPS) is 11.0. The summed E-state index contributed by atoms with van der Waals surface area (Å²) in [6.07, 6.45) is 0. The van der Waals surface area contributed by atoms with Crippen LogP contribution >= 0.6 is 11.8 Å². The standard InChI is InChI=1S/C23H19F3N6OS/c1-12-4-6-15(7-5-12)32-18(11-34-23-27-13(2)10-14(3)28-23)21(30-31-32)22(33)29-17-9-8-16(24)19(25)20(17)26/h4-10H,11H2,1-3H3,(H,29,33). The second-order valence-corrected chi connectivity index (χ2v) is 8.47. The number of rotatable bonds is 6. The topological polar surface area (TPSA) is 85.6 Å². The van der Waals surface area contributed by atoms with Gasteiger partial charge in [0.15, 0.2) is 28.3 Å². The lowest BCUT2D eigenvalue weighted by Gasteiger charge is -2.10. The fraction of sp³-hybridized carbons (Fsp3) is 0.174. The van der Waals surface area contributed by atoms with E-state index in [-0.39, 0.29) is 11.4 Å². The summed E-state index contributed by atoms with van der Waals surface area (Å²) in [5.74, 6) is -5.14. The van der Waals surface area contributed by atoms with Gasteiger partial charge >= 0.3 is 0 Å². The van der Waals surface area contributed by atoms with Gasteiger partial charge < -0.3 is 5.32 Å². The van der Waals surface area contributed by atoms with E-state index >= 15 is 0 Å². The summed E-state index contributed by atoms with van der Waals surface area (Å²) in [7, 11) is 0. The van der Waals surface area contributed by atoms with Crippen molar-refractivity contribution in [3.63, 3.8) is 0 Å². The largest absolute Gasteiger partial charge is 0.318 e. The van der Waals surface area contributed by atoms with E-state index in [1.807, 2.05) is 51.1 Å². The number of benzene rings is 2. The maximum absolute atomic E-state index is 14.1. The number of nitrogens with zero attached hydrogens (tertiary/aromatic N) is 5. The van der Waals surface area contributed by atoms with E-state index in [1.54, 1.807) is 0 Å². The molecule has 0 aliphatic heterocycles. The zero-order valence-electron chi connectivity index (χ0n) is 18.4. The lowest BCUT2D eigenvalue weighted by molar-refractivity contribution is 0.102. The average molecular weight is 485 g/mol. The van der Waals surface area contributed by atoms with Crippen LogP contribution in [0.1, 0.15) is 33.1 Å². The lowest BCUT2D eigenvalue weighted by Crippen LogP contribution is -2.17. The summed E-state index contributed by atoms with van der Waals surface area (Å²) in [5.41, 5.74) is 3.09. The van der Waals surface area contributed by atoms with Crippen LogP contribution in [0.3, 0.4) is 0 Å². The Morgan fingerprint density at radius 3 is 2.32 bits per heavy atom. The monoisotopic (exact) mass is 484 g/mol. The van der Waals surface area contributed by atoms with Gasteiger partial charge in [0.2, 0.25) is 0 Å². The van der Waals surface area contributed by atoms with Crippen molar-refractivity contribution in [2.45, 2.75) is 31.7 Å². The number of hydrogen-bond acceptors (Lipinski definition) is 6. The number of carbonyl (C=O) groups excluding carboxylic acids is 1. The van der Waals surface area contributed by atoms with Gasteiger partial charge in [-0.25, -0.2) is 27.8 Å². The number of aromatic nitrogens is 5. The Morgan fingerprint density at radius 1 is 0.971 bits per heavy atom. The predicted octanol–water partition coefficient (Wildman–Crippen LogP) is 4.94. The quantitative estimate of drug-likeness (QED) is 0.237. The highest BCUT2D eigenvalue weighted by molar-refractivity contribution is 7.98. The number of halogens is 3. The second-order valence-electron chi connectivity index (χ2n) is 7.53. The van der Waals surface area contributed by atoms with Crippen molar-refractivity contribution in [3.8, 4) is 5.69 Å². The van der Waals surface area contributed by atoms with Gasteiger partial charge in [-0.1, -0.05) is 34.7 Å². The number of anilines is 1. The first kappa shape index (κ1) is 23.4. The van der Waals surface area contributed by atoms with Crippen LogP contribution in [-0.4, -0.2) is 30.9 Å². The molecule has 174 valence electrons. The maximum atomic E-state index is 14.1. The average Bonchev–Trinajstić information content (AvgIpc) is 3.22. The number of carbonyl (C=O) groups is 1. The van der Waals surface area contributed by atoms with Gasteiger partial charge in [-0.05, 0) is 51.1 Å². The Balaban J connectivity index is 1.69. The molecule has 0 saturated heterocycles. The molecule has 2 heterocycles. The lowest BCUT2D eigenvalue weighted by atomic mass is 10.2. The van der Waals surface area contributed by atoms with E-state index in [4.69, 9.17) is 0 Å². The molecule has 2 aromatic heterocycles. The van der Waals surface area contributed by atoms with E-state index in [1.165, 1.54) is 16.4 Å². The summed E-state index contributed by atoms with van der Waals surface area (Å²) in [4.78, 5) is 21.7. The minimum Gasteiger partial charge on any atom is -0.318 e. The predicted molar refractivity (Wildman–Crippen MR) is 121 cm³/mol. The first-order valence-corrected chi connectivity index (χ1v) is 11.1. The van der Waals surface area contributed by atoms with Gasteiger partial charge in [0.05, 0.1) is 17.1 Å². The molecule has 1 amide bonds. The number of thioether (sulfide) groups is 1. The maximum Gasteiger partial charge on any atom is 0.278 e. The van der Waals surface area contributed by atoms with Crippen molar-refractivity contribution in [1.82, 2.24) is 25.0 Å². The third kappa shape index (κ3) is 4.93. The zero-order chi connectivity index (χ0) is 24.4. The summed E-state index contributed by atoms with van der Waals surface area (Å²) in [6.45, 7) is 5.65. The molecule has 0 saturated carbocycles. The molecule has 0 bridgehead atoms. The van der Waals surface area contributed by atoms with Gasteiger partial charge in [0.25, 0.3) is 5.91 Å². The second kappa shape index (κ2) is 9.64. The van der Waals surface area contributed by atoms with E-state index in [2.05, 4.69) is 25.6 Å². The summed E-state index contributed by atoms with van der Waals surface area (Å²) in [6, 6.07) is 10.9. The van der Waals surface area contributed by atoms with Crippen LogP contribution in [0.25, 0.3) is 5.69 Å². The molecule has 0 unspecified atom stereocenters. The van der Waals surface area contributed by atoms with E-state index in [0.29, 0.717) is 16.5 Å². The smallest absolute Gasteiger partial charge is 0.278 e. The molecule has 7 nitrogen and oxygen atoms in total. The Hall–Kier alpha value is -3.73. The van der Waals surface area contributed by atoms with Crippen LogP contribution in [-0.2, 0) is 5.75 Å². The van der Waals surface area contributed by atoms with Crippen molar-refractivity contribution >= 4 is 23.4 Å². The molecular formula is C23H19F3N6OS. The molecular weight excluding hydrogens is 465 g/mol. The number of nitrogens with one attached hydrogen (secondary N) is 1. The highest BCUT2D eigenvalue weighted by Crippen LogP contribution is 2.25. The Labute approximate surface area is 197 Å². The SMILES string of the molecule is Cc1ccc(-n2nnc(C(=O)Nc3ccc(F)c(F)c3F)c2CSc2nc(C)cc(C)n2)cc1. The third-order valence-corrected chi connectivity index (χ3v) is 5.70. The van der Waals surface area contributed by atoms with Crippen molar-refractivity contribution in [3.05, 3.63) is 88.3 Å². The van der Waals surface area contributed by atoms with Gasteiger partial charge in [0.1, 0.15) is 0 Å². The summed E-state index contributed by atoms with van der Waals surface area (Å²) >= 11 is 1.28. The zero-order valence-corrected chi connectivity index (χ0v) is 19.3. The van der Waals surface area contributed by atoms with Crippen LogP contribution in [0, 0.1) is 38.2 Å². The Kier molecular flexibility index (Phi) is 6.64. The first-order chi connectivity index (χ1) is 16.2. The van der Waals surface area contributed by atoms with Crippen LogP contribution in [0.15, 0.2) is 47.6 Å². The number of aryl methyl sites for hydroxylation is 3. The minimum atomic E-state index is -1.68. The molecule has 0 spiro atoms. The molecule has 1 N–H and O–H groups in total. The molecule has 0 fully saturated rings. The molecule has 4 aromatic rings. The fourth-order valence-corrected chi connectivity index (χ4v) is 4.14. The minimum absolute atomic E-state index is 0.0958. The summed E-state index contributed by atoms with van der Waals surface area (Å²) < 4.78 is 42.5. The molecule has 11 heteroatoms. The number of hydrogen-bond donors (Lipinski definition) is 1. The number of amides is 1. The highest BCUT2D eigenvalue weighted by Gasteiger charge is 2.23. The van der Waals surface area contributed by atoms with Crippen molar-refractivity contribution < 1.29 is 18.0 Å². The van der Waals surface area contributed by atoms with Crippen LogP contribution < -0.4 is 5.32 Å². The van der Waals surface area contributed by atoms with Crippen molar-refractivity contribution in [2.24, 2.45) is 0 Å². The van der Waals surface area contributed by atoms with Crippen LogP contribution in [0.2, 0.25) is 0 Å². The molecule has 0 aliphatic carbocycles. The molecule has 2 aromatic carbocycles. The van der Waals surface area contributed by atoms with Crippen LogP contribution in [0.5, 0.6) is 0 Å². The van der Waals surface area contributed by atoms with Gasteiger partial charge in [0, 0.05) is 17.1 Å². The van der Waals surface area contributed by atoms with Gasteiger partial charge in [-0.2, -0.15) is 0 Å². The molecule has 4 rings (SSSR count). The molecule has 0 atom stereocenters. The molecule has 0 aliphatic rings. The van der Waals surface area contributed by atoms with Crippen molar-refractivity contribution in [1.29, 1.82) is 0 Å². The Bertz CT molecular complexity index is 1350. The molecule has 34 heavy (non-hydrogen) atoms. The van der Waals surface area contributed by atoms with Crippen molar-refractivity contribution in [2.75, 3.05) is 5.32 Å². The van der Waals surface area contributed by atoms with E-state index in [0.717, 1.165) is 29.1 Å². The van der Waals surface area contributed by atoms with Gasteiger partial charge in [-0.15, -0.1) is 5.10 Å². The Morgan fingerprint density at radius 2 is 1.65 bits per heavy atom.